The third-order valence-corrected chi connectivity index (χ3v) is 4.33. The van der Waals surface area contributed by atoms with E-state index >= 15 is 0 Å². The molecule has 0 saturated carbocycles. The van der Waals surface area contributed by atoms with Crippen LogP contribution in [-0.2, 0) is 4.74 Å². The van der Waals surface area contributed by atoms with Gasteiger partial charge in [-0.2, -0.15) is 0 Å². The van der Waals surface area contributed by atoms with E-state index in [1.54, 1.807) is 0 Å². The Kier molecular flexibility index (Phi) is 4.06. The summed E-state index contributed by atoms with van der Waals surface area (Å²) in [6.45, 7) is 14.0. The van der Waals surface area contributed by atoms with Gasteiger partial charge in [-0.25, -0.2) is 0 Å². The van der Waals surface area contributed by atoms with E-state index in [4.69, 9.17) is 12.6 Å². The standard InChI is InChI=1S/C15H27BO/c1-7-9-17-12-10-13(3,4)11-14(12,5)15(6,16)8-2/h10H,7-9,11H2,1-6H3. The Morgan fingerprint density at radius 1 is 1.35 bits per heavy atom. The van der Waals surface area contributed by atoms with Gasteiger partial charge in [-0.05, 0) is 24.3 Å². The van der Waals surface area contributed by atoms with Crippen molar-refractivity contribution in [2.45, 2.75) is 66.1 Å². The van der Waals surface area contributed by atoms with Crippen molar-refractivity contribution in [3.05, 3.63) is 11.8 Å². The van der Waals surface area contributed by atoms with Crippen LogP contribution in [0.15, 0.2) is 11.8 Å². The van der Waals surface area contributed by atoms with Gasteiger partial charge in [0, 0.05) is 5.41 Å². The van der Waals surface area contributed by atoms with Gasteiger partial charge in [0.15, 0.2) is 0 Å². The van der Waals surface area contributed by atoms with Gasteiger partial charge in [0.25, 0.3) is 0 Å². The summed E-state index contributed by atoms with van der Waals surface area (Å²) in [7, 11) is 6.52. The molecule has 2 unspecified atom stereocenters. The van der Waals surface area contributed by atoms with Crippen LogP contribution in [-0.4, -0.2) is 14.5 Å². The Labute approximate surface area is 108 Å². The van der Waals surface area contributed by atoms with Crippen LogP contribution >= 0.6 is 0 Å². The molecule has 0 fully saturated rings. The molecular formula is C15H27BO. The fraction of sp³-hybridized carbons (Fsp3) is 0.867. The first-order valence-corrected chi connectivity index (χ1v) is 6.83. The van der Waals surface area contributed by atoms with Gasteiger partial charge in [0.1, 0.15) is 0 Å². The summed E-state index contributed by atoms with van der Waals surface area (Å²) in [5, 5.41) is -0.208. The van der Waals surface area contributed by atoms with Crippen LogP contribution in [0.2, 0.25) is 5.31 Å². The van der Waals surface area contributed by atoms with Gasteiger partial charge in [0.05, 0.1) is 20.2 Å². The van der Waals surface area contributed by atoms with E-state index in [-0.39, 0.29) is 16.1 Å². The maximum absolute atomic E-state index is 6.52. The third-order valence-electron chi connectivity index (χ3n) is 4.33. The minimum absolute atomic E-state index is 0.0413. The largest absolute Gasteiger partial charge is 0.498 e. The third kappa shape index (κ3) is 2.72. The summed E-state index contributed by atoms with van der Waals surface area (Å²) >= 11 is 0. The quantitative estimate of drug-likeness (QED) is 0.637. The van der Waals surface area contributed by atoms with Crippen LogP contribution in [0.3, 0.4) is 0 Å². The van der Waals surface area contributed by atoms with Crippen molar-refractivity contribution in [1.29, 1.82) is 0 Å². The van der Waals surface area contributed by atoms with Crippen LogP contribution in [0.25, 0.3) is 0 Å². The Hall–Kier alpha value is -0.395. The molecule has 0 aromatic heterocycles. The maximum Gasteiger partial charge on any atom is 0.0982 e. The molecule has 17 heavy (non-hydrogen) atoms. The molecule has 1 rings (SSSR count). The molecule has 0 N–H and O–H groups in total. The zero-order valence-corrected chi connectivity index (χ0v) is 12.4. The van der Waals surface area contributed by atoms with Crippen molar-refractivity contribution in [1.82, 2.24) is 0 Å². The summed E-state index contributed by atoms with van der Waals surface area (Å²) in [6, 6.07) is 0. The Bertz CT molecular complexity index is 304. The number of rotatable bonds is 5. The van der Waals surface area contributed by atoms with Gasteiger partial charge < -0.3 is 4.74 Å². The van der Waals surface area contributed by atoms with Gasteiger partial charge in [-0.15, -0.1) is 0 Å². The number of allylic oxidation sites excluding steroid dienone is 2. The molecule has 0 aromatic rings. The molecule has 1 nitrogen and oxygen atoms in total. The molecule has 2 atom stereocenters. The van der Waals surface area contributed by atoms with Gasteiger partial charge in [0.2, 0.25) is 0 Å². The second-order valence-electron chi connectivity index (χ2n) is 6.63. The zero-order chi connectivity index (χ0) is 13.3. The van der Waals surface area contributed by atoms with Crippen LogP contribution in [0.4, 0.5) is 0 Å². The van der Waals surface area contributed by atoms with E-state index in [0.717, 1.165) is 31.6 Å². The summed E-state index contributed by atoms with van der Waals surface area (Å²) in [5.74, 6) is 1.11. The van der Waals surface area contributed by atoms with Crippen molar-refractivity contribution in [2.75, 3.05) is 6.61 Å². The van der Waals surface area contributed by atoms with Crippen LogP contribution in [0, 0.1) is 10.8 Å². The lowest BCUT2D eigenvalue weighted by atomic mass is 9.51. The van der Waals surface area contributed by atoms with Crippen molar-refractivity contribution < 1.29 is 4.74 Å². The minimum Gasteiger partial charge on any atom is -0.498 e. The molecular weight excluding hydrogens is 207 g/mol. The van der Waals surface area contributed by atoms with Crippen LogP contribution < -0.4 is 0 Å². The van der Waals surface area contributed by atoms with E-state index in [0.29, 0.717) is 0 Å². The summed E-state index contributed by atoms with van der Waals surface area (Å²) in [6.07, 6.45) is 5.36. The van der Waals surface area contributed by atoms with E-state index in [2.05, 4.69) is 47.6 Å². The fourth-order valence-corrected chi connectivity index (χ4v) is 2.85. The lowest BCUT2D eigenvalue weighted by Gasteiger charge is -2.44. The molecule has 0 aromatic carbocycles. The molecule has 0 heterocycles. The molecule has 0 bridgehead atoms. The monoisotopic (exact) mass is 234 g/mol. The topological polar surface area (TPSA) is 9.23 Å². The van der Waals surface area contributed by atoms with Crippen LogP contribution in [0.5, 0.6) is 0 Å². The lowest BCUT2D eigenvalue weighted by molar-refractivity contribution is 0.101. The number of hydrogen-bond acceptors (Lipinski definition) is 1. The minimum atomic E-state index is -0.208. The number of hydrogen-bond donors (Lipinski definition) is 0. The summed E-state index contributed by atoms with van der Waals surface area (Å²) in [5.41, 5.74) is 0.147. The second kappa shape index (κ2) is 4.70. The normalized spacial score (nSPS) is 30.8. The lowest BCUT2D eigenvalue weighted by Crippen LogP contribution is -2.34. The first kappa shape index (κ1) is 14.7. The molecule has 0 spiro atoms. The Morgan fingerprint density at radius 3 is 2.41 bits per heavy atom. The van der Waals surface area contributed by atoms with Gasteiger partial charge in [-0.3, -0.25) is 0 Å². The second-order valence-corrected chi connectivity index (χ2v) is 6.63. The van der Waals surface area contributed by atoms with Crippen molar-refractivity contribution >= 4 is 7.85 Å². The number of ether oxygens (including phenoxy) is 1. The molecule has 1 aliphatic carbocycles. The molecule has 2 radical (unpaired) electrons. The molecule has 96 valence electrons. The van der Waals surface area contributed by atoms with Gasteiger partial charge in [-0.1, -0.05) is 53.3 Å². The molecule has 2 heteroatoms. The Balaban J connectivity index is 3.03. The molecule has 0 saturated heterocycles. The maximum atomic E-state index is 6.52. The van der Waals surface area contributed by atoms with E-state index in [1.807, 2.05) is 0 Å². The highest BCUT2D eigenvalue weighted by Crippen LogP contribution is 2.61. The highest BCUT2D eigenvalue weighted by Gasteiger charge is 2.50. The van der Waals surface area contributed by atoms with Crippen LogP contribution in [0.1, 0.15) is 60.8 Å². The first-order valence-electron chi connectivity index (χ1n) is 6.83. The molecule has 1 aliphatic rings. The predicted octanol–water partition coefficient (Wildman–Crippen LogP) is 4.49. The van der Waals surface area contributed by atoms with Crippen molar-refractivity contribution in [2.24, 2.45) is 10.8 Å². The molecule has 0 aliphatic heterocycles. The van der Waals surface area contributed by atoms with Gasteiger partial charge >= 0.3 is 0 Å². The average Bonchev–Trinajstić information content (AvgIpc) is 2.47. The van der Waals surface area contributed by atoms with E-state index in [9.17, 15) is 0 Å². The first-order chi connectivity index (χ1) is 7.68. The smallest absolute Gasteiger partial charge is 0.0982 e. The average molecular weight is 234 g/mol. The summed E-state index contributed by atoms with van der Waals surface area (Å²) in [4.78, 5) is 0. The molecule has 0 amide bonds. The predicted molar refractivity (Wildman–Crippen MR) is 75.2 cm³/mol. The van der Waals surface area contributed by atoms with Crippen molar-refractivity contribution in [3.63, 3.8) is 0 Å². The highest BCUT2D eigenvalue weighted by molar-refractivity contribution is 6.15. The fourth-order valence-electron chi connectivity index (χ4n) is 2.85. The van der Waals surface area contributed by atoms with E-state index < -0.39 is 0 Å². The zero-order valence-electron chi connectivity index (χ0n) is 12.4. The Morgan fingerprint density at radius 2 is 1.94 bits per heavy atom. The van der Waals surface area contributed by atoms with E-state index in [1.165, 1.54) is 0 Å². The summed E-state index contributed by atoms with van der Waals surface area (Å²) < 4.78 is 5.97. The highest BCUT2D eigenvalue weighted by atomic mass is 16.5. The van der Waals surface area contributed by atoms with Crippen molar-refractivity contribution in [3.8, 4) is 0 Å². The SMILES string of the molecule is [B]C(C)(CC)C1(C)CC(C)(C)C=C1OCCC.